The van der Waals surface area contributed by atoms with Crippen molar-refractivity contribution in [2.24, 2.45) is 0 Å². The summed E-state index contributed by atoms with van der Waals surface area (Å²) in [4.78, 5) is 1.99. The van der Waals surface area contributed by atoms with Crippen LogP contribution in [0.4, 0.5) is 0 Å². The largest absolute Gasteiger partial charge is 0.505 e. The molecule has 1 aliphatic heterocycles. The van der Waals surface area contributed by atoms with E-state index in [1.54, 1.807) is 0 Å². The molecule has 0 unspecified atom stereocenters. The van der Waals surface area contributed by atoms with Gasteiger partial charge in [0.15, 0.2) is 5.75 Å². The summed E-state index contributed by atoms with van der Waals surface area (Å²) in [5.41, 5.74) is 1.20. The van der Waals surface area contributed by atoms with Gasteiger partial charge in [-0.3, -0.25) is 4.90 Å². The van der Waals surface area contributed by atoms with Crippen molar-refractivity contribution in [1.29, 1.82) is 0 Å². The summed E-state index contributed by atoms with van der Waals surface area (Å²) in [6, 6.07) is 12.6. The molecule has 1 saturated heterocycles. The number of hydrogen-bond acceptors (Lipinski definition) is 4. The topological polar surface area (TPSA) is 60.9 Å². The van der Waals surface area contributed by atoms with Gasteiger partial charge in [0, 0.05) is 31.2 Å². The number of aromatic hydroxyl groups is 1. The highest BCUT2D eigenvalue weighted by Gasteiger charge is 2.30. The van der Waals surface area contributed by atoms with Crippen molar-refractivity contribution >= 4 is 33.2 Å². The molecule has 0 radical (unpaired) electrons. The quantitative estimate of drug-likeness (QED) is 0.829. The molecule has 3 rings (SSSR count). The van der Waals surface area contributed by atoms with Crippen LogP contribution < -0.4 is 0 Å². The zero-order chi connectivity index (χ0) is 18.7. The highest BCUT2D eigenvalue weighted by molar-refractivity contribution is 7.89. The maximum Gasteiger partial charge on any atom is 0.246 e. The van der Waals surface area contributed by atoms with Gasteiger partial charge in [-0.2, -0.15) is 4.31 Å². The van der Waals surface area contributed by atoms with E-state index in [1.807, 2.05) is 18.2 Å². The van der Waals surface area contributed by atoms with Crippen molar-refractivity contribution in [3.05, 3.63) is 58.1 Å². The van der Waals surface area contributed by atoms with E-state index >= 15 is 0 Å². The van der Waals surface area contributed by atoms with Gasteiger partial charge in [0.1, 0.15) is 4.90 Å². The van der Waals surface area contributed by atoms with Crippen LogP contribution in [0.2, 0.25) is 10.0 Å². The second-order valence-electron chi connectivity index (χ2n) is 6.25. The molecule has 2 aromatic carbocycles. The molecule has 0 saturated carbocycles. The molecule has 5 nitrogen and oxygen atoms in total. The number of halogens is 2. The molecule has 0 bridgehead atoms. The summed E-state index contributed by atoms with van der Waals surface area (Å²) in [5.74, 6) is -0.457. The van der Waals surface area contributed by atoms with Gasteiger partial charge in [0.2, 0.25) is 10.0 Å². The lowest BCUT2D eigenvalue weighted by atomic mass is 10.2. The Morgan fingerprint density at radius 1 is 1.00 bits per heavy atom. The van der Waals surface area contributed by atoms with Gasteiger partial charge in [0.05, 0.1) is 5.02 Å². The van der Waals surface area contributed by atoms with Gasteiger partial charge in [-0.05, 0) is 30.7 Å². The third-order valence-electron chi connectivity index (χ3n) is 4.41. The van der Waals surface area contributed by atoms with Crippen molar-refractivity contribution in [2.45, 2.75) is 17.9 Å². The van der Waals surface area contributed by atoms with E-state index in [0.29, 0.717) is 26.1 Å². The molecule has 0 spiro atoms. The average molecular weight is 415 g/mol. The molecule has 2 aromatic rings. The van der Waals surface area contributed by atoms with Crippen LogP contribution >= 0.6 is 23.2 Å². The summed E-state index contributed by atoms with van der Waals surface area (Å²) in [7, 11) is -3.87. The molecule has 0 atom stereocenters. The van der Waals surface area contributed by atoms with Crippen molar-refractivity contribution in [3.63, 3.8) is 0 Å². The lowest BCUT2D eigenvalue weighted by Gasteiger charge is -2.22. The number of nitrogens with zero attached hydrogens (tertiary/aromatic N) is 2. The molecule has 0 aromatic heterocycles. The normalized spacial score (nSPS) is 17.2. The molecule has 140 valence electrons. The number of phenols is 1. The number of hydrogen-bond donors (Lipinski definition) is 1. The second kappa shape index (κ2) is 8.15. The first-order valence-electron chi connectivity index (χ1n) is 8.32. The minimum Gasteiger partial charge on any atom is -0.505 e. The summed E-state index contributed by atoms with van der Waals surface area (Å²) >= 11 is 11.8. The highest BCUT2D eigenvalue weighted by Crippen LogP contribution is 2.35. The maximum atomic E-state index is 13.0. The van der Waals surface area contributed by atoms with E-state index in [1.165, 1.54) is 22.0 Å². The third-order valence-corrected chi connectivity index (χ3v) is 6.83. The van der Waals surface area contributed by atoms with Gasteiger partial charge >= 0.3 is 0 Å². The van der Waals surface area contributed by atoms with E-state index in [9.17, 15) is 13.5 Å². The monoisotopic (exact) mass is 414 g/mol. The van der Waals surface area contributed by atoms with Gasteiger partial charge in [-0.15, -0.1) is 0 Å². The fraction of sp³-hybridized carbons (Fsp3) is 0.333. The fourth-order valence-electron chi connectivity index (χ4n) is 3.07. The zero-order valence-corrected chi connectivity index (χ0v) is 16.4. The van der Waals surface area contributed by atoms with Crippen LogP contribution in [0.5, 0.6) is 5.75 Å². The minimum atomic E-state index is -3.87. The first kappa shape index (κ1) is 19.5. The van der Waals surface area contributed by atoms with Gasteiger partial charge < -0.3 is 5.11 Å². The van der Waals surface area contributed by atoms with Gasteiger partial charge in [0.25, 0.3) is 0 Å². The van der Waals surface area contributed by atoms with E-state index < -0.39 is 15.8 Å². The SMILES string of the molecule is O=S(=O)(c1cc(Cl)cc(Cl)c1O)N1CCCN(Cc2ccccc2)CC1. The summed E-state index contributed by atoms with van der Waals surface area (Å²) < 4.78 is 27.3. The standard InChI is InChI=1S/C18H20Cl2N2O3S/c19-15-11-16(20)18(23)17(12-15)26(24,25)22-8-4-7-21(9-10-22)13-14-5-2-1-3-6-14/h1-3,5-6,11-12,23H,4,7-10,13H2. The Hall–Kier alpha value is -1.31. The Morgan fingerprint density at radius 2 is 1.73 bits per heavy atom. The smallest absolute Gasteiger partial charge is 0.246 e. The Labute approximate surface area is 163 Å². The number of phenolic OH excluding ortho intramolecular Hbond substituents is 1. The zero-order valence-electron chi connectivity index (χ0n) is 14.1. The van der Waals surface area contributed by atoms with Crippen LogP contribution in [0.3, 0.4) is 0 Å². The predicted molar refractivity (Wildman–Crippen MR) is 103 cm³/mol. The predicted octanol–water partition coefficient (Wildman–Crippen LogP) is 3.60. The molecule has 0 amide bonds. The molecule has 1 fully saturated rings. The van der Waals surface area contributed by atoms with Crippen molar-refractivity contribution in [3.8, 4) is 5.75 Å². The molecule has 26 heavy (non-hydrogen) atoms. The number of benzene rings is 2. The molecule has 8 heteroatoms. The summed E-state index contributed by atoms with van der Waals surface area (Å²) in [6.45, 7) is 2.94. The Bertz CT molecular complexity index is 876. The number of sulfonamides is 1. The Kier molecular flexibility index (Phi) is 6.10. The lowest BCUT2D eigenvalue weighted by Crippen LogP contribution is -2.35. The van der Waals surface area contributed by atoms with Crippen LogP contribution in [-0.2, 0) is 16.6 Å². The molecular weight excluding hydrogens is 395 g/mol. The summed E-state index contributed by atoms with van der Waals surface area (Å²) in [5, 5.41) is 10.2. The molecule has 1 heterocycles. The molecule has 1 N–H and O–H groups in total. The van der Waals surface area contributed by atoms with Gasteiger partial charge in [-0.1, -0.05) is 53.5 Å². The third kappa shape index (κ3) is 4.32. The van der Waals surface area contributed by atoms with E-state index in [4.69, 9.17) is 23.2 Å². The molecule has 1 aliphatic rings. The van der Waals surface area contributed by atoms with Crippen molar-refractivity contribution in [2.75, 3.05) is 26.2 Å². The number of rotatable bonds is 4. The lowest BCUT2D eigenvalue weighted by molar-refractivity contribution is 0.278. The van der Waals surface area contributed by atoms with Gasteiger partial charge in [-0.25, -0.2) is 8.42 Å². The maximum absolute atomic E-state index is 13.0. The fourth-order valence-corrected chi connectivity index (χ4v) is 5.28. The van der Waals surface area contributed by atoms with Crippen LogP contribution in [-0.4, -0.2) is 48.9 Å². The molecular formula is C18H20Cl2N2O3S. The first-order chi connectivity index (χ1) is 12.4. The Balaban J connectivity index is 1.76. The van der Waals surface area contributed by atoms with E-state index in [2.05, 4.69) is 17.0 Å². The second-order valence-corrected chi connectivity index (χ2v) is 9.00. The average Bonchev–Trinajstić information content (AvgIpc) is 2.85. The summed E-state index contributed by atoms with van der Waals surface area (Å²) in [6.07, 6.45) is 0.709. The van der Waals surface area contributed by atoms with Crippen LogP contribution in [0.1, 0.15) is 12.0 Å². The van der Waals surface area contributed by atoms with Crippen LogP contribution in [0.15, 0.2) is 47.4 Å². The highest BCUT2D eigenvalue weighted by atomic mass is 35.5. The van der Waals surface area contributed by atoms with Crippen molar-refractivity contribution < 1.29 is 13.5 Å². The Morgan fingerprint density at radius 3 is 2.46 bits per heavy atom. The van der Waals surface area contributed by atoms with E-state index in [-0.39, 0.29) is 14.9 Å². The van der Waals surface area contributed by atoms with Crippen LogP contribution in [0, 0.1) is 0 Å². The van der Waals surface area contributed by atoms with Crippen LogP contribution in [0.25, 0.3) is 0 Å². The minimum absolute atomic E-state index is 0.0726. The van der Waals surface area contributed by atoms with E-state index in [0.717, 1.165) is 13.1 Å². The first-order valence-corrected chi connectivity index (χ1v) is 10.5. The van der Waals surface area contributed by atoms with Crippen molar-refractivity contribution in [1.82, 2.24) is 9.21 Å². The molecule has 0 aliphatic carbocycles.